The first-order valence-electron chi connectivity index (χ1n) is 4.57. The van der Waals surface area contributed by atoms with Crippen LogP contribution < -0.4 is 4.74 Å². The lowest BCUT2D eigenvalue weighted by Gasteiger charge is -2.06. The molecule has 0 saturated heterocycles. The average molecular weight is 193 g/mol. The topological polar surface area (TPSA) is 59.4 Å². The van der Waals surface area contributed by atoms with Gasteiger partial charge in [-0.1, -0.05) is 0 Å². The van der Waals surface area contributed by atoms with Crippen molar-refractivity contribution in [2.75, 3.05) is 6.61 Å². The van der Waals surface area contributed by atoms with Gasteiger partial charge in [-0.15, -0.1) is 0 Å². The summed E-state index contributed by atoms with van der Waals surface area (Å²) >= 11 is 0. The molecular weight excluding hydrogens is 182 g/mol. The predicted octanol–water partition coefficient (Wildman–Crippen LogP) is 1.57. The maximum Gasteiger partial charge on any atom is 0.339 e. The van der Waals surface area contributed by atoms with Crippen molar-refractivity contribution >= 4 is 5.97 Å². The van der Waals surface area contributed by atoms with Crippen molar-refractivity contribution < 1.29 is 14.6 Å². The Balaban J connectivity index is 2.09. The molecule has 0 bridgehead atoms. The maximum absolute atomic E-state index is 10.8. The lowest BCUT2D eigenvalue weighted by atomic mass is 10.2. The van der Waals surface area contributed by atoms with Crippen LogP contribution in [0, 0.1) is 5.92 Å². The average Bonchev–Trinajstić information content (AvgIpc) is 2.98. The number of carboxylic acid groups (broad SMARTS) is 1. The van der Waals surface area contributed by atoms with Gasteiger partial charge in [0, 0.05) is 6.20 Å². The Morgan fingerprint density at radius 1 is 1.64 bits per heavy atom. The molecule has 1 heterocycles. The summed E-state index contributed by atoms with van der Waals surface area (Å²) < 4.78 is 5.38. The minimum atomic E-state index is -0.974. The number of aromatic nitrogens is 1. The van der Waals surface area contributed by atoms with Crippen molar-refractivity contribution in [1.29, 1.82) is 0 Å². The molecule has 4 heteroatoms. The fraction of sp³-hybridized carbons (Fsp3) is 0.400. The molecule has 74 valence electrons. The van der Waals surface area contributed by atoms with Gasteiger partial charge in [0.05, 0.1) is 12.8 Å². The smallest absolute Gasteiger partial charge is 0.339 e. The van der Waals surface area contributed by atoms with Gasteiger partial charge in [-0.3, -0.25) is 4.98 Å². The van der Waals surface area contributed by atoms with E-state index in [1.165, 1.54) is 31.3 Å². The van der Waals surface area contributed by atoms with Crippen molar-refractivity contribution in [1.82, 2.24) is 4.98 Å². The van der Waals surface area contributed by atoms with Gasteiger partial charge in [0.1, 0.15) is 5.56 Å². The van der Waals surface area contributed by atoms with Gasteiger partial charge in [0.25, 0.3) is 0 Å². The molecule has 1 aliphatic rings. The molecule has 1 fully saturated rings. The van der Waals surface area contributed by atoms with E-state index in [9.17, 15) is 4.79 Å². The van der Waals surface area contributed by atoms with Crippen LogP contribution in [0.25, 0.3) is 0 Å². The van der Waals surface area contributed by atoms with Gasteiger partial charge >= 0.3 is 5.97 Å². The molecular formula is C10H11NO3. The number of nitrogens with zero attached hydrogens (tertiary/aromatic N) is 1. The quantitative estimate of drug-likeness (QED) is 0.788. The van der Waals surface area contributed by atoms with E-state index < -0.39 is 5.97 Å². The highest BCUT2D eigenvalue weighted by atomic mass is 16.5. The van der Waals surface area contributed by atoms with Crippen molar-refractivity contribution in [3.8, 4) is 5.75 Å². The third-order valence-electron chi connectivity index (χ3n) is 2.19. The zero-order chi connectivity index (χ0) is 9.97. The molecule has 0 amide bonds. The van der Waals surface area contributed by atoms with Crippen LogP contribution >= 0.6 is 0 Å². The van der Waals surface area contributed by atoms with Crippen LogP contribution in [0.15, 0.2) is 18.5 Å². The molecule has 0 unspecified atom stereocenters. The Labute approximate surface area is 81.5 Å². The number of ether oxygens (including phenoxy) is 1. The van der Waals surface area contributed by atoms with E-state index in [0.717, 1.165) is 0 Å². The molecule has 0 aromatic carbocycles. The lowest BCUT2D eigenvalue weighted by Crippen LogP contribution is -2.05. The summed E-state index contributed by atoms with van der Waals surface area (Å²) in [6, 6.07) is 1.45. The second kappa shape index (κ2) is 3.65. The number of carbonyl (C=O) groups is 1. The first kappa shape index (κ1) is 8.99. The van der Waals surface area contributed by atoms with Crippen LogP contribution in [0.1, 0.15) is 23.2 Å². The van der Waals surface area contributed by atoms with Crippen LogP contribution in [0.4, 0.5) is 0 Å². The molecule has 1 aliphatic carbocycles. The summed E-state index contributed by atoms with van der Waals surface area (Å²) in [5, 5.41) is 8.84. The predicted molar refractivity (Wildman–Crippen MR) is 49.4 cm³/mol. The molecule has 14 heavy (non-hydrogen) atoms. The summed E-state index contributed by atoms with van der Waals surface area (Å²) in [5.74, 6) is 0.00180. The summed E-state index contributed by atoms with van der Waals surface area (Å²) in [6.45, 7) is 0.603. The minimum absolute atomic E-state index is 0.181. The normalized spacial score (nSPS) is 15.1. The van der Waals surface area contributed by atoms with E-state index in [-0.39, 0.29) is 5.56 Å². The number of aromatic carboxylic acids is 1. The lowest BCUT2D eigenvalue weighted by molar-refractivity contribution is 0.0691. The second-order valence-electron chi connectivity index (χ2n) is 3.43. The Morgan fingerprint density at radius 3 is 3.07 bits per heavy atom. The fourth-order valence-corrected chi connectivity index (χ4v) is 1.16. The van der Waals surface area contributed by atoms with E-state index in [1.807, 2.05) is 0 Å². The third kappa shape index (κ3) is 2.02. The maximum atomic E-state index is 10.8. The van der Waals surface area contributed by atoms with E-state index in [0.29, 0.717) is 18.3 Å². The van der Waals surface area contributed by atoms with Crippen molar-refractivity contribution in [3.63, 3.8) is 0 Å². The van der Waals surface area contributed by atoms with Gasteiger partial charge in [0.2, 0.25) is 0 Å². The van der Waals surface area contributed by atoms with Gasteiger partial charge in [-0.2, -0.15) is 0 Å². The Kier molecular flexibility index (Phi) is 2.35. The molecule has 4 nitrogen and oxygen atoms in total. The van der Waals surface area contributed by atoms with Gasteiger partial charge in [0.15, 0.2) is 5.75 Å². The minimum Gasteiger partial charge on any atom is -0.491 e. The monoisotopic (exact) mass is 193 g/mol. The molecule has 0 spiro atoms. The SMILES string of the molecule is O=C(O)c1ccncc1OCC1CC1. The van der Waals surface area contributed by atoms with Crippen LogP contribution in [0.3, 0.4) is 0 Å². The molecule has 0 radical (unpaired) electrons. The molecule has 1 aromatic rings. The molecule has 1 saturated carbocycles. The molecule has 2 rings (SSSR count). The number of hydrogen-bond donors (Lipinski definition) is 1. The van der Waals surface area contributed by atoms with Gasteiger partial charge < -0.3 is 9.84 Å². The largest absolute Gasteiger partial charge is 0.491 e. The number of hydrogen-bond acceptors (Lipinski definition) is 3. The zero-order valence-electron chi connectivity index (χ0n) is 7.64. The van der Waals surface area contributed by atoms with E-state index >= 15 is 0 Å². The number of carboxylic acids is 1. The highest BCUT2D eigenvalue weighted by Crippen LogP contribution is 2.30. The third-order valence-corrected chi connectivity index (χ3v) is 2.19. The van der Waals surface area contributed by atoms with Gasteiger partial charge in [-0.05, 0) is 24.8 Å². The van der Waals surface area contributed by atoms with Crippen molar-refractivity contribution in [3.05, 3.63) is 24.0 Å². The van der Waals surface area contributed by atoms with Crippen LogP contribution in [-0.4, -0.2) is 22.7 Å². The Bertz CT molecular complexity index is 347. The van der Waals surface area contributed by atoms with Crippen LogP contribution in [-0.2, 0) is 0 Å². The summed E-state index contributed by atoms with van der Waals surface area (Å²) in [4.78, 5) is 14.6. The first-order valence-corrected chi connectivity index (χ1v) is 4.57. The Hall–Kier alpha value is -1.58. The molecule has 0 aliphatic heterocycles. The second-order valence-corrected chi connectivity index (χ2v) is 3.43. The molecule has 0 atom stereocenters. The Morgan fingerprint density at radius 2 is 2.43 bits per heavy atom. The summed E-state index contributed by atoms with van der Waals surface area (Å²) in [7, 11) is 0. The fourth-order valence-electron chi connectivity index (χ4n) is 1.16. The number of rotatable bonds is 4. The first-order chi connectivity index (χ1) is 6.77. The highest BCUT2D eigenvalue weighted by Gasteiger charge is 2.23. The van der Waals surface area contributed by atoms with E-state index in [1.54, 1.807) is 0 Å². The summed E-state index contributed by atoms with van der Waals surface area (Å²) in [6.07, 6.45) is 5.27. The summed E-state index contributed by atoms with van der Waals surface area (Å²) in [5.41, 5.74) is 0.181. The van der Waals surface area contributed by atoms with Crippen LogP contribution in [0.5, 0.6) is 5.75 Å². The van der Waals surface area contributed by atoms with Crippen LogP contribution in [0.2, 0.25) is 0 Å². The van der Waals surface area contributed by atoms with E-state index in [4.69, 9.17) is 9.84 Å². The highest BCUT2D eigenvalue weighted by molar-refractivity contribution is 5.90. The zero-order valence-corrected chi connectivity index (χ0v) is 7.64. The van der Waals surface area contributed by atoms with Crippen molar-refractivity contribution in [2.24, 2.45) is 5.92 Å². The number of pyridine rings is 1. The van der Waals surface area contributed by atoms with Crippen molar-refractivity contribution in [2.45, 2.75) is 12.8 Å². The standard InChI is InChI=1S/C10H11NO3/c12-10(13)8-3-4-11-5-9(8)14-6-7-1-2-7/h3-5,7H,1-2,6H2,(H,12,13). The van der Waals surface area contributed by atoms with Gasteiger partial charge in [-0.25, -0.2) is 4.79 Å². The molecule has 1 aromatic heterocycles. The molecule has 1 N–H and O–H groups in total. The van der Waals surface area contributed by atoms with E-state index in [2.05, 4.69) is 4.98 Å².